The standard InChI is InChI=1S/C16H21OS.Sn/c1-12(2)17-16(18-15-7-5-6-8-15)10-9-13(3)11-14(16)4;/h5,7,9,11-12H,6,10H2,1-4H3;. The monoisotopic (exact) mass is 381 g/mol. The fourth-order valence-corrected chi connectivity index (χ4v) is 4.76. The summed E-state index contributed by atoms with van der Waals surface area (Å²) in [6.45, 7) is 8.61. The Morgan fingerprint density at radius 3 is 2.63 bits per heavy atom. The summed E-state index contributed by atoms with van der Waals surface area (Å²) in [7, 11) is 0. The Kier molecular flexibility index (Phi) is 5.07. The predicted molar refractivity (Wildman–Crippen MR) is 85.2 cm³/mol. The number of hydrogen-bond acceptors (Lipinski definition) is 2. The molecule has 1 nitrogen and oxygen atoms in total. The van der Waals surface area contributed by atoms with E-state index < -0.39 is 0 Å². The molecule has 0 saturated carbocycles. The second-order valence-electron chi connectivity index (χ2n) is 5.45. The van der Waals surface area contributed by atoms with Gasteiger partial charge >= 0.3 is 135 Å². The molecule has 0 bridgehead atoms. The van der Waals surface area contributed by atoms with Gasteiger partial charge in [-0.15, -0.1) is 0 Å². The van der Waals surface area contributed by atoms with Gasteiger partial charge in [0.15, 0.2) is 0 Å². The quantitative estimate of drug-likeness (QED) is 0.526. The van der Waals surface area contributed by atoms with Crippen LogP contribution in [-0.2, 0) is 4.74 Å². The first kappa shape index (κ1) is 15.5. The van der Waals surface area contributed by atoms with E-state index in [-0.39, 0.29) is 11.0 Å². The molecule has 1 atom stereocenters. The zero-order valence-electron chi connectivity index (χ0n) is 12.1. The van der Waals surface area contributed by atoms with Gasteiger partial charge in [0.05, 0.1) is 0 Å². The van der Waals surface area contributed by atoms with Crippen molar-refractivity contribution in [3.8, 4) is 0 Å². The van der Waals surface area contributed by atoms with E-state index in [9.17, 15) is 0 Å². The molecule has 0 fully saturated rings. The second kappa shape index (κ2) is 6.23. The minimum absolute atomic E-state index is 0.209. The molecule has 0 N–H and O–H groups in total. The predicted octanol–water partition coefficient (Wildman–Crippen LogP) is 4.48. The topological polar surface area (TPSA) is 9.23 Å². The fraction of sp³-hybridized carbons (Fsp3) is 0.500. The third kappa shape index (κ3) is 3.59. The van der Waals surface area contributed by atoms with E-state index in [1.165, 1.54) is 38.6 Å². The van der Waals surface area contributed by atoms with E-state index in [0.29, 0.717) is 0 Å². The van der Waals surface area contributed by atoms with Crippen LogP contribution in [0.4, 0.5) is 0 Å². The molecule has 0 aliphatic heterocycles. The van der Waals surface area contributed by atoms with E-state index in [4.69, 9.17) is 4.74 Å². The fourth-order valence-electron chi connectivity index (χ4n) is 2.39. The van der Waals surface area contributed by atoms with Gasteiger partial charge in [-0.05, 0) is 0 Å². The van der Waals surface area contributed by atoms with Crippen LogP contribution in [0.1, 0.15) is 40.5 Å². The van der Waals surface area contributed by atoms with Crippen LogP contribution in [-0.4, -0.2) is 33.6 Å². The molecule has 0 amide bonds. The molecule has 0 saturated heterocycles. The van der Waals surface area contributed by atoms with Crippen LogP contribution in [0.15, 0.2) is 43.9 Å². The van der Waals surface area contributed by atoms with E-state index in [1.54, 1.807) is 3.59 Å². The van der Waals surface area contributed by atoms with Crippen molar-refractivity contribution in [2.24, 2.45) is 0 Å². The first-order chi connectivity index (χ1) is 8.93. The van der Waals surface area contributed by atoms with Crippen molar-refractivity contribution in [2.45, 2.75) is 51.6 Å². The number of ether oxygens (including phenoxy) is 1. The molecule has 1 unspecified atom stereocenters. The van der Waals surface area contributed by atoms with Crippen LogP contribution in [0.25, 0.3) is 0 Å². The maximum absolute atomic E-state index is 6.34. The summed E-state index contributed by atoms with van der Waals surface area (Å²) < 4.78 is 7.89. The molecule has 3 heteroatoms. The van der Waals surface area contributed by atoms with Gasteiger partial charge in [-0.25, -0.2) is 0 Å². The van der Waals surface area contributed by atoms with Crippen molar-refractivity contribution in [1.29, 1.82) is 0 Å². The SMILES string of the molecule is CC1=CCC(OC(C)C)(SC2=[C]([Sn])CC=C2)C(C)=C1. The Morgan fingerprint density at radius 2 is 2.11 bits per heavy atom. The third-order valence-electron chi connectivity index (χ3n) is 3.33. The van der Waals surface area contributed by atoms with Gasteiger partial charge in [0.2, 0.25) is 0 Å². The summed E-state index contributed by atoms with van der Waals surface area (Å²) in [6, 6.07) is 0. The van der Waals surface area contributed by atoms with Crippen molar-refractivity contribution in [1.82, 2.24) is 0 Å². The number of allylic oxidation sites excluding steroid dienone is 5. The Morgan fingerprint density at radius 1 is 1.37 bits per heavy atom. The van der Waals surface area contributed by atoms with Crippen LogP contribution in [0.3, 0.4) is 0 Å². The van der Waals surface area contributed by atoms with Gasteiger partial charge in [0.25, 0.3) is 0 Å². The van der Waals surface area contributed by atoms with Gasteiger partial charge in [-0.1, -0.05) is 0 Å². The van der Waals surface area contributed by atoms with Crippen LogP contribution in [0, 0.1) is 0 Å². The van der Waals surface area contributed by atoms with Crippen molar-refractivity contribution >= 4 is 34.3 Å². The molecular weight excluding hydrogens is 359 g/mol. The van der Waals surface area contributed by atoms with Gasteiger partial charge in [0.1, 0.15) is 0 Å². The molecule has 2 aliphatic rings. The Hall–Kier alpha value is 0.0687. The van der Waals surface area contributed by atoms with Crippen LogP contribution in [0.2, 0.25) is 0 Å². The normalized spacial score (nSPS) is 27.1. The Bertz CT molecular complexity index is 485. The van der Waals surface area contributed by atoms with Crippen LogP contribution >= 0.6 is 11.8 Å². The first-order valence-corrected chi connectivity index (χ1v) is 9.01. The molecule has 0 aromatic heterocycles. The average Bonchev–Trinajstić information content (AvgIpc) is 2.69. The molecular formula is C16H21OSSn. The van der Waals surface area contributed by atoms with E-state index >= 15 is 0 Å². The summed E-state index contributed by atoms with van der Waals surface area (Å²) >= 11 is 3.43. The van der Waals surface area contributed by atoms with E-state index in [0.717, 1.165) is 12.8 Å². The van der Waals surface area contributed by atoms with E-state index in [2.05, 4.69) is 52.0 Å². The minimum atomic E-state index is -0.209. The summed E-state index contributed by atoms with van der Waals surface area (Å²) in [6.07, 6.45) is 11.4. The summed E-state index contributed by atoms with van der Waals surface area (Å²) in [4.78, 5) is 1.21. The Balaban J connectivity index is 2.29. The summed E-state index contributed by atoms with van der Waals surface area (Å²) in [5, 5.41) is 0. The van der Waals surface area contributed by atoms with Crippen LogP contribution < -0.4 is 0 Å². The molecule has 2 aliphatic carbocycles. The Labute approximate surface area is 134 Å². The molecule has 101 valence electrons. The van der Waals surface area contributed by atoms with Gasteiger partial charge in [-0.3, -0.25) is 0 Å². The molecule has 19 heavy (non-hydrogen) atoms. The van der Waals surface area contributed by atoms with E-state index in [1.807, 2.05) is 11.8 Å². The maximum atomic E-state index is 6.34. The molecule has 2 rings (SSSR count). The van der Waals surface area contributed by atoms with Crippen molar-refractivity contribution in [3.63, 3.8) is 0 Å². The van der Waals surface area contributed by atoms with Gasteiger partial charge < -0.3 is 0 Å². The zero-order chi connectivity index (χ0) is 14.0. The van der Waals surface area contributed by atoms with Crippen molar-refractivity contribution in [2.75, 3.05) is 0 Å². The second-order valence-corrected chi connectivity index (χ2v) is 8.48. The van der Waals surface area contributed by atoms with Crippen molar-refractivity contribution < 1.29 is 4.74 Å². The number of hydrogen-bond donors (Lipinski definition) is 0. The zero-order valence-corrected chi connectivity index (χ0v) is 15.8. The number of rotatable bonds is 4. The van der Waals surface area contributed by atoms with Crippen molar-refractivity contribution in [3.05, 3.63) is 43.9 Å². The molecule has 0 aromatic carbocycles. The molecule has 0 aromatic rings. The number of thioether (sulfide) groups is 1. The molecule has 0 heterocycles. The molecule has 3 radical (unpaired) electrons. The summed E-state index contributed by atoms with van der Waals surface area (Å²) in [5.74, 6) is 0. The van der Waals surface area contributed by atoms with Gasteiger partial charge in [-0.2, -0.15) is 0 Å². The molecule has 0 spiro atoms. The third-order valence-corrected chi connectivity index (χ3v) is 6.71. The first-order valence-electron chi connectivity index (χ1n) is 6.76. The average molecular weight is 380 g/mol. The summed E-state index contributed by atoms with van der Waals surface area (Å²) in [5.41, 5.74) is 2.68. The van der Waals surface area contributed by atoms with Crippen LogP contribution in [0.5, 0.6) is 0 Å². The van der Waals surface area contributed by atoms with Gasteiger partial charge in [0, 0.05) is 0 Å².